The minimum Gasteiger partial charge on any atom is -0.488 e. The molecule has 11 nitrogen and oxygen atoms in total. The van der Waals surface area contributed by atoms with Gasteiger partial charge < -0.3 is 29.5 Å². The molecule has 1 saturated heterocycles. The number of aromatic nitrogens is 4. The predicted molar refractivity (Wildman–Crippen MR) is 159 cm³/mol. The highest BCUT2D eigenvalue weighted by Gasteiger charge is 2.29. The summed E-state index contributed by atoms with van der Waals surface area (Å²) in [6.07, 6.45) is 6.59. The van der Waals surface area contributed by atoms with Crippen molar-refractivity contribution >= 4 is 23.4 Å². The number of halogens is 1. The van der Waals surface area contributed by atoms with Crippen molar-refractivity contribution in [2.45, 2.75) is 45.3 Å². The molecule has 3 aromatic heterocycles. The molecular formula is C31H33FN6O5. The molecule has 224 valence electrons. The van der Waals surface area contributed by atoms with Crippen LogP contribution in [0, 0.1) is 5.82 Å². The second kappa shape index (κ2) is 12.9. The fourth-order valence-electron chi connectivity index (χ4n) is 4.59. The van der Waals surface area contributed by atoms with Crippen molar-refractivity contribution < 1.29 is 28.5 Å². The number of benzene rings is 1. The lowest BCUT2D eigenvalue weighted by atomic mass is 10.1. The van der Waals surface area contributed by atoms with Gasteiger partial charge in [-0.3, -0.25) is 4.98 Å². The zero-order chi connectivity index (χ0) is 30.4. The van der Waals surface area contributed by atoms with Crippen molar-refractivity contribution in [1.82, 2.24) is 19.9 Å². The summed E-state index contributed by atoms with van der Waals surface area (Å²) >= 11 is 0. The lowest BCUT2D eigenvalue weighted by Gasteiger charge is -2.33. The Labute approximate surface area is 248 Å². The fourth-order valence-corrected chi connectivity index (χ4v) is 4.59. The molecule has 12 heteroatoms. The van der Waals surface area contributed by atoms with E-state index in [0.29, 0.717) is 47.8 Å². The molecule has 0 aliphatic carbocycles. The summed E-state index contributed by atoms with van der Waals surface area (Å²) in [6, 6.07) is 13.0. The number of pyridine rings is 2. The van der Waals surface area contributed by atoms with Crippen molar-refractivity contribution in [3.63, 3.8) is 0 Å². The highest BCUT2D eigenvalue weighted by atomic mass is 19.1. The molecule has 0 bridgehead atoms. The third kappa shape index (κ3) is 7.26. The van der Waals surface area contributed by atoms with E-state index in [2.05, 4.69) is 25.2 Å². The van der Waals surface area contributed by atoms with Gasteiger partial charge in [0, 0.05) is 18.3 Å². The van der Waals surface area contributed by atoms with Gasteiger partial charge in [0.05, 0.1) is 25.5 Å². The van der Waals surface area contributed by atoms with Gasteiger partial charge in [-0.2, -0.15) is 0 Å². The Morgan fingerprint density at radius 3 is 2.81 bits per heavy atom. The van der Waals surface area contributed by atoms with E-state index in [4.69, 9.17) is 19.2 Å². The van der Waals surface area contributed by atoms with Crippen LogP contribution in [0.25, 0.3) is 11.3 Å². The first-order valence-electron chi connectivity index (χ1n) is 14.0. The molecule has 1 aromatic carbocycles. The molecule has 1 aliphatic heterocycles. The number of ether oxygens (including phenoxy) is 3. The quantitative estimate of drug-likeness (QED) is 0.230. The Morgan fingerprint density at radius 2 is 2.00 bits per heavy atom. The van der Waals surface area contributed by atoms with Crippen molar-refractivity contribution in [3.05, 3.63) is 72.9 Å². The molecule has 5 rings (SSSR count). The summed E-state index contributed by atoms with van der Waals surface area (Å²) < 4.78 is 32.3. The van der Waals surface area contributed by atoms with Crippen LogP contribution in [0.15, 0.2) is 67.1 Å². The number of carboxylic acid groups (broad SMARTS) is 1. The van der Waals surface area contributed by atoms with Crippen molar-refractivity contribution in [1.29, 1.82) is 0 Å². The standard InChI is InChI=1S/C31H33FN6O5/c1-4-41-24-11-6-14-34-29(24)42-22-10-7-15-38(19-22)27-18-33-17-26(36-27)35-25-13-12-23(32)28(37-25)20-8-5-9-21(16-20)43-31(2,3)30(39)40/h5-6,8-9,11-14,16-18,22H,4,7,10,15,19H2,1-3H3,(H,39,40)(H,35,36,37)/t22-/m1/s1. The fraction of sp³-hybridized carbons (Fsp3) is 0.323. The van der Waals surface area contributed by atoms with Crippen LogP contribution >= 0.6 is 0 Å². The number of carbonyl (C=O) groups is 1. The molecule has 0 unspecified atom stereocenters. The third-order valence-electron chi connectivity index (χ3n) is 6.74. The second-order valence-corrected chi connectivity index (χ2v) is 10.4. The van der Waals surface area contributed by atoms with Gasteiger partial charge in [-0.15, -0.1) is 0 Å². The molecule has 1 fully saturated rings. The first-order chi connectivity index (χ1) is 20.7. The zero-order valence-electron chi connectivity index (χ0n) is 24.2. The highest BCUT2D eigenvalue weighted by Crippen LogP contribution is 2.30. The van der Waals surface area contributed by atoms with Gasteiger partial charge >= 0.3 is 5.97 Å². The Balaban J connectivity index is 1.30. The van der Waals surface area contributed by atoms with Crippen LogP contribution in [0.3, 0.4) is 0 Å². The van der Waals surface area contributed by atoms with Crippen molar-refractivity contribution in [2.75, 3.05) is 29.9 Å². The maximum Gasteiger partial charge on any atom is 0.347 e. The van der Waals surface area contributed by atoms with Gasteiger partial charge in [-0.1, -0.05) is 12.1 Å². The summed E-state index contributed by atoms with van der Waals surface area (Å²) in [5.74, 6) is 1.17. The number of aliphatic carboxylic acids is 1. The number of rotatable bonds is 11. The van der Waals surface area contributed by atoms with E-state index in [-0.39, 0.29) is 17.5 Å². The Hall–Kier alpha value is -5.00. The van der Waals surface area contributed by atoms with E-state index in [0.717, 1.165) is 19.4 Å². The SMILES string of the molecule is CCOc1cccnc1O[C@@H]1CCCN(c2cncc(Nc3ccc(F)c(-c4cccc(OC(C)(C)C(=O)O)c4)n3)n2)C1. The molecule has 0 amide bonds. The van der Waals surface area contributed by atoms with Crippen molar-refractivity contribution in [3.8, 4) is 28.6 Å². The molecule has 0 radical (unpaired) electrons. The van der Waals surface area contributed by atoms with E-state index in [1.807, 2.05) is 19.1 Å². The number of anilines is 3. The zero-order valence-corrected chi connectivity index (χ0v) is 24.2. The summed E-state index contributed by atoms with van der Waals surface area (Å²) in [4.78, 5) is 31.4. The lowest BCUT2D eigenvalue weighted by molar-refractivity contribution is -0.152. The summed E-state index contributed by atoms with van der Waals surface area (Å²) in [5.41, 5.74) is -0.952. The third-order valence-corrected chi connectivity index (χ3v) is 6.74. The molecular weight excluding hydrogens is 555 g/mol. The Bertz CT molecular complexity index is 1590. The largest absolute Gasteiger partial charge is 0.488 e. The lowest BCUT2D eigenvalue weighted by Crippen LogP contribution is -2.41. The number of hydrogen-bond donors (Lipinski definition) is 2. The number of hydrogen-bond acceptors (Lipinski definition) is 10. The monoisotopic (exact) mass is 588 g/mol. The first-order valence-corrected chi connectivity index (χ1v) is 14.0. The van der Waals surface area contributed by atoms with Crippen LogP contribution in [0.2, 0.25) is 0 Å². The van der Waals surface area contributed by atoms with Gasteiger partial charge in [0.15, 0.2) is 17.2 Å². The molecule has 43 heavy (non-hydrogen) atoms. The summed E-state index contributed by atoms with van der Waals surface area (Å²) in [6.45, 7) is 6.70. The average Bonchev–Trinajstić information content (AvgIpc) is 2.99. The Morgan fingerprint density at radius 1 is 1.14 bits per heavy atom. The molecule has 0 saturated carbocycles. The maximum atomic E-state index is 14.9. The molecule has 0 spiro atoms. The second-order valence-electron chi connectivity index (χ2n) is 10.4. The van der Waals surface area contributed by atoms with Gasteiger partial charge in [-0.05, 0) is 70.0 Å². The molecule has 2 N–H and O–H groups in total. The van der Waals surface area contributed by atoms with Crippen LogP contribution in [-0.4, -0.2) is 62.4 Å². The van der Waals surface area contributed by atoms with Gasteiger partial charge in [0.25, 0.3) is 5.88 Å². The normalized spacial score (nSPS) is 15.1. The van der Waals surface area contributed by atoms with E-state index in [1.165, 1.54) is 26.0 Å². The number of carboxylic acids is 1. The van der Waals surface area contributed by atoms with Gasteiger partial charge in [0.1, 0.15) is 35.0 Å². The van der Waals surface area contributed by atoms with E-state index in [1.54, 1.807) is 42.9 Å². The maximum absolute atomic E-state index is 14.9. The molecule has 4 aromatic rings. The van der Waals surface area contributed by atoms with Crippen LogP contribution in [-0.2, 0) is 4.79 Å². The van der Waals surface area contributed by atoms with Crippen molar-refractivity contribution in [2.24, 2.45) is 0 Å². The summed E-state index contributed by atoms with van der Waals surface area (Å²) in [5, 5.41) is 12.5. The molecule has 1 aliphatic rings. The van der Waals surface area contributed by atoms with Crippen LogP contribution in [0.5, 0.6) is 17.4 Å². The topological polar surface area (TPSA) is 132 Å². The number of nitrogens with one attached hydrogen (secondary N) is 1. The van der Waals surface area contributed by atoms with Crippen LogP contribution in [0.1, 0.15) is 33.6 Å². The first kappa shape index (κ1) is 29.5. The summed E-state index contributed by atoms with van der Waals surface area (Å²) in [7, 11) is 0. The van der Waals surface area contributed by atoms with E-state index >= 15 is 0 Å². The van der Waals surface area contributed by atoms with Crippen LogP contribution in [0.4, 0.5) is 21.8 Å². The predicted octanol–water partition coefficient (Wildman–Crippen LogP) is 5.50. The Kier molecular flexibility index (Phi) is 8.84. The number of nitrogens with zero attached hydrogens (tertiary/aromatic N) is 5. The smallest absolute Gasteiger partial charge is 0.347 e. The number of piperidine rings is 1. The van der Waals surface area contributed by atoms with E-state index in [9.17, 15) is 14.3 Å². The average molecular weight is 589 g/mol. The molecule has 1 atom stereocenters. The minimum absolute atomic E-state index is 0.0738. The van der Waals surface area contributed by atoms with Crippen LogP contribution < -0.4 is 24.4 Å². The van der Waals surface area contributed by atoms with E-state index < -0.39 is 17.4 Å². The molecule has 4 heterocycles. The minimum atomic E-state index is -1.46. The van der Waals surface area contributed by atoms with Gasteiger partial charge in [0.2, 0.25) is 0 Å². The highest BCUT2D eigenvalue weighted by molar-refractivity contribution is 5.77. The van der Waals surface area contributed by atoms with Gasteiger partial charge in [-0.25, -0.2) is 24.1 Å².